The summed E-state index contributed by atoms with van der Waals surface area (Å²) >= 11 is 3.24. The van der Waals surface area contributed by atoms with Gasteiger partial charge in [-0.1, -0.05) is 46.3 Å². The van der Waals surface area contributed by atoms with Crippen molar-refractivity contribution in [3.05, 3.63) is 75.1 Å². The van der Waals surface area contributed by atoms with Crippen LogP contribution in [-0.4, -0.2) is 8.42 Å². The molecule has 0 aliphatic carbocycles. The quantitative estimate of drug-likeness (QED) is 0.713. The fourth-order valence-electron chi connectivity index (χ4n) is 1.94. The summed E-state index contributed by atoms with van der Waals surface area (Å²) in [6.07, 6.45) is -3.55. The van der Waals surface area contributed by atoms with Crippen molar-refractivity contribution in [2.24, 2.45) is 0 Å². The van der Waals surface area contributed by atoms with E-state index in [-0.39, 0.29) is 11.3 Å². The predicted octanol–water partition coefficient (Wildman–Crippen LogP) is 5.05. The lowest BCUT2D eigenvalue weighted by atomic mass is 10.1. The predicted molar refractivity (Wildman–Crippen MR) is 87.2 cm³/mol. The first-order valence-corrected chi connectivity index (χ1v) is 9.00. The molecule has 0 saturated heterocycles. The van der Waals surface area contributed by atoms with Gasteiger partial charge in [-0.05, 0) is 35.4 Å². The molecule has 122 valence electrons. The maximum atomic E-state index is 12.9. The van der Waals surface area contributed by atoms with Crippen LogP contribution in [0.3, 0.4) is 0 Å². The summed E-state index contributed by atoms with van der Waals surface area (Å²) in [5.41, 5.74) is -0.489. The van der Waals surface area contributed by atoms with Gasteiger partial charge in [-0.25, -0.2) is 8.42 Å². The fourth-order valence-corrected chi connectivity index (χ4v) is 3.31. The maximum absolute atomic E-state index is 12.9. The number of hydrogen-bond donors (Lipinski definition) is 0. The second-order valence-electron chi connectivity index (χ2n) is 4.82. The standard InChI is InChI=1S/C16H12BrF3O2S/c17-14-7-5-12(6-8-14)11-23(21,22)10-9-13-3-1-2-4-15(13)16(18,19)20/h1-10H,11H2/b10-9+. The van der Waals surface area contributed by atoms with Gasteiger partial charge in [0, 0.05) is 9.88 Å². The van der Waals surface area contributed by atoms with E-state index in [2.05, 4.69) is 15.9 Å². The van der Waals surface area contributed by atoms with Gasteiger partial charge >= 0.3 is 6.18 Å². The molecule has 0 atom stereocenters. The number of alkyl halides is 3. The molecule has 2 rings (SSSR count). The molecule has 0 aliphatic rings. The topological polar surface area (TPSA) is 34.1 Å². The minimum Gasteiger partial charge on any atom is -0.224 e. The largest absolute Gasteiger partial charge is 0.416 e. The minimum atomic E-state index is -4.53. The summed E-state index contributed by atoms with van der Waals surface area (Å²) in [5, 5.41) is 0.819. The van der Waals surface area contributed by atoms with Crippen molar-refractivity contribution in [2.45, 2.75) is 11.9 Å². The van der Waals surface area contributed by atoms with Gasteiger partial charge in [0.15, 0.2) is 9.84 Å². The molecule has 0 heterocycles. The molecule has 0 aromatic heterocycles. The van der Waals surface area contributed by atoms with Crippen LogP contribution in [-0.2, 0) is 21.8 Å². The molecular formula is C16H12BrF3O2S. The summed E-state index contributed by atoms with van der Waals surface area (Å²) < 4.78 is 63.5. The summed E-state index contributed by atoms with van der Waals surface area (Å²) in [7, 11) is -3.67. The van der Waals surface area contributed by atoms with Gasteiger partial charge in [0.2, 0.25) is 0 Å². The Bertz CT molecular complexity index is 810. The highest BCUT2D eigenvalue weighted by atomic mass is 79.9. The molecule has 0 unspecified atom stereocenters. The fraction of sp³-hybridized carbons (Fsp3) is 0.125. The average Bonchev–Trinajstić information content (AvgIpc) is 2.47. The van der Waals surface area contributed by atoms with Crippen molar-refractivity contribution < 1.29 is 21.6 Å². The molecule has 0 spiro atoms. The van der Waals surface area contributed by atoms with Crippen molar-refractivity contribution in [1.29, 1.82) is 0 Å². The monoisotopic (exact) mass is 404 g/mol. The van der Waals surface area contributed by atoms with E-state index in [9.17, 15) is 21.6 Å². The molecule has 0 N–H and O–H groups in total. The Morgan fingerprint density at radius 2 is 1.61 bits per heavy atom. The molecule has 0 fully saturated rings. The van der Waals surface area contributed by atoms with Crippen molar-refractivity contribution in [3.63, 3.8) is 0 Å². The van der Waals surface area contributed by atoms with Crippen LogP contribution in [0.15, 0.2) is 58.4 Å². The van der Waals surface area contributed by atoms with Crippen LogP contribution in [0, 0.1) is 0 Å². The zero-order valence-corrected chi connectivity index (χ0v) is 14.1. The minimum absolute atomic E-state index is 0.181. The normalized spacial score (nSPS) is 12.7. The van der Waals surface area contributed by atoms with Gasteiger partial charge < -0.3 is 0 Å². The van der Waals surface area contributed by atoms with Gasteiger partial charge in [0.05, 0.1) is 11.3 Å². The number of benzene rings is 2. The van der Waals surface area contributed by atoms with Gasteiger partial charge in [-0.3, -0.25) is 0 Å². The average molecular weight is 405 g/mol. The number of hydrogen-bond acceptors (Lipinski definition) is 2. The molecule has 0 bridgehead atoms. The molecule has 0 amide bonds. The Balaban J connectivity index is 2.24. The number of rotatable bonds is 4. The zero-order valence-electron chi connectivity index (χ0n) is 11.7. The first-order chi connectivity index (χ1) is 10.7. The summed E-state index contributed by atoms with van der Waals surface area (Å²) in [4.78, 5) is 0. The van der Waals surface area contributed by atoms with Gasteiger partial charge in [0.1, 0.15) is 0 Å². The zero-order chi connectivity index (χ0) is 17.1. The highest BCUT2D eigenvalue weighted by Gasteiger charge is 2.32. The Morgan fingerprint density at radius 1 is 1.00 bits per heavy atom. The Hall–Kier alpha value is -1.60. The van der Waals surface area contributed by atoms with E-state index in [4.69, 9.17) is 0 Å². The van der Waals surface area contributed by atoms with E-state index in [1.807, 2.05) is 0 Å². The van der Waals surface area contributed by atoms with Gasteiger partial charge in [-0.2, -0.15) is 13.2 Å². The first-order valence-electron chi connectivity index (χ1n) is 6.49. The first kappa shape index (κ1) is 17.7. The van der Waals surface area contributed by atoms with Crippen molar-refractivity contribution in [3.8, 4) is 0 Å². The summed E-state index contributed by atoms with van der Waals surface area (Å²) in [6.45, 7) is 0. The van der Waals surface area contributed by atoms with Crippen molar-refractivity contribution in [1.82, 2.24) is 0 Å². The number of sulfone groups is 1. The third-order valence-electron chi connectivity index (χ3n) is 3.00. The molecule has 2 aromatic rings. The molecule has 2 aromatic carbocycles. The van der Waals surface area contributed by atoms with Gasteiger partial charge in [-0.15, -0.1) is 0 Å². The van der Waals surface area contributed by atoms with Crippen LogP contribution < -0.4 is 0 Å². The molecule has 2 nitrogen and oxygen atoms in total. The lowest BCUT2D eigenvalue weighted by Gasteiger charge is -2.09. The van der Waals surface area contributed by atoms with Gasteiger partial charge in [0.25, 0.3) is 0 Å². The maximum Gasteiger partial charge on any atom is 0.416 e. The van der Waals surface area contributed by atoms with Crippen LogP contribution in [0.2, 0.25) is 0 Å². The molecule has 23 heavy (non-hydrogen) atoms. The second kappa shape index (κ2) is 6.88. The van der Waals surface area contributed by atoms with E-state index in [0.29, 0.717) is 5.56 Å². The van der Waals surface area contributed by atoms with E-state index in [1.165, 1.54) is 18.2 Å². The van der Waals surface area contributed by atoms with Crippen LogP contribution in [0.25, 0.3) is 6.08 Å². The van der Waals surface area contributed by atoms with Crippen LogP contribution in [0.1, 0.15) is 16.7 Å². The summed E-state index contributed by atoms with van der Waals surface area (Å²) in [5.74, 6) is -0.273. The van der Waals surface area contributed by atoms with E-state index < -0.39 is 21.6 Å². The Morgan fingerprint density at radius 3 is 2.22 bits per heavy atom. The second-order valence-corrected chi connectivity index (χ2v) is 7.62. The third-order valence-corrected chi connectivity index (χ3v) is 4.82. The molecule has 7 heteroatoms. The van der Waals surface area contributed by atoms with E-state index >= 15 is 0 Å². The molecule has 0 radical (unpaired) electrons. The van der Waals surface area contributed by atoms with E-state index in [1.54, 1.807) is 24.3 Å². The van der Waals surface area contributed by atoms with Crippen LogP contribution in [0.4, 0.5) is 13.2 Å². The SMILES string of the molecule is O=S(=O)(/C=C/c1ccccc1C(F)(F)F)Cc1ccc(Br)cc1. The highest BCUT2D eigenvalue weighted by molar-refractivity contribution is 9.10. The molecule has 0 aliphatic heterocycles. The lowest BCUT2D eigenvalue weighted by molar-refractivity contribution is -0.137. The van der Waals surface area contributed by atoms with E-state index in [0.717, 1.165) is 22.0 Å². The number of halogens is 4. The molecular weight excluding hydrogens is 393 g/mol. The highest BCUT2D eigenvalue weighted by Crippen LogP contribution is 2.32. The summed E-state index contributed by atoms with van der Waals surface area (Å²) in [6, 6.07) is 11.5. The Labute approximate surface area is 140 Å². The van der Waals surface area contributed by atoms with Crippen molar-refractivity contribution in [2.75, 3.05) is 0 Å². The molecule has 0 saturated carbocycles. The third kappa shape index (κ3) is 5.21. The lowest BCUT2D eigenvalue weighted by Crippen LogP contribution is -2.07. The Kier molecular flexibility index (Phi) is 5.31. The van der Waals surface area contributed by atoms with Crippen LogP contribution in [0.5, 0.6) is 0 Å². The smallest absolute Gasteiger partial charge is 0.224 e. The van der Waals surface area contributed by atoms with Crippen LogP contribution >= 0.6 is 15.9 Å². The van der Waals surface area contributed by atoms with Crippen molar-refractivity contribution >= 4 is 31.8 Å².